The molecular formula is C21H33N5S. The molecule has 0 aliphatic carbocycles. The molecule has 0 radical (unpaired) electrons. The van der Waals surface area contributed by atoms with Crippen molar-refractivity contribution >= 4 is 27.4 Å². The minimum absolute atomic E-state index is 0.501. The summed E-state index contributed by atoms with van der Waals surface area (Å²) < 4.78 is 0. The van der Waals surface area contributed by atoms with E-state index in [1.54, 1.807) is 0 Å². The topological polar surface area (TPSA) is 35.5 Å². The van der Waals surface area contributed by atoms with E-state index in [-0.39, 0.29) is 0 Å². The van der Waals surface area contributed by atoms with Gasteiger partial charge in [0, 0.05) is 30.6 Å². The Hall–Kier alpha value is -1.24. The van der Waals surface area contributed by atoms with E-state index in [0.717, 1.165) is 32.0 Å². The molecule has 5 nitrogen and oxygen atoms in total. The molecule has 2 aliphatic rings. The van der Waals surface area contributed by atoms with Crippen molar-refractivity contribution in [3.05, 3.63) is 16.3 Å². The fraction of sp³-hybridized carbons (Fsp3) is 0.714. The Labute approximate surface area is 167 Å². The van der Waals surface area contributed by atoms with Crippen molar-refractivity contribution in [1.82, 2.24) is 19.8 Å². The highest BCUT2D eigenvalue weighted by Crippen LogP contribution is 2.37. The predicted octanol–water partition coefficient (Wildman–Crippen LogP) is 3.68. The number of hydrogen-bond donors (Lipinski definition) is 0. The second-order valence-corrected chi connectivity index (χ2v) is 9.88. The number of likely N-dealkylation sites (tertiary alicyclic amines) is 1. The molecule has 2 fully saturated rings. The molecule has 0 N–H and O–H groups in total. The smallest absolute Gasteiger partial charge is 0.146 e. The Morgan fingerprint density at radius 3 is 2.52 bits per heavy atom. The van der Waals surface area contributed by atoms with Gasteiger partial charge in [-0.25, -0.2) is 9.97 Å². The van der Waals surface area contributed by atoms with Crippen LogP contribution in [0.2, 0.25) is 0 Å². The van der Waals surface area contributed by atoms with E-state index < -0.39 is 0 Å². The maximum Gasteiger partial charge on any atom is 0.146 e. The quantitative estimate of drug-likeness (QED) is 0.800. The second kappa shape index (κ2) is 7.64. The summed E-state index contributed by atoms with van der Waals surface area (Å²) in [5.41, 5.74) is 1.36. The van der Waals surface area contributed by atoms with Gasteiger partial charge >= 0.3 is 0 Å². The zero-order valence-electron chi connectivity index (χ0n) is 17.5. The number of rotatable bonds is 4. The van der Waals surface area contributed by atoms with Gasteiger partial charge in [0.25, 0.3) is 0 Å². The first kappa shape index (κ1) is 19.1. The lowest BCUT2D eigenvalue weighted by molar-refractivity contribution is 0.236. The van der Waals surface area contributed by atoms with E-state index in [2.05, 4.69) is 49.4 Å². The molecule has 4 rings (SSSR count). The summed E-state index contributed by atoms with van der Waals surface area (Å²) in [6, 6.07) is 0.501. The van der Waals surface area contributed by atoms with Crippen LogP contribution in [0.5, 0.6) is 0 Å². The molecular weight excluding hydrogens is 354 g/mol. The van der Waals surface area contributed by atoms with Crippen LogP contribution in [0, 0.1) is 19.8 Å². The normalized spacial score (nSPS) is 22.4. The van der Waals surface area contributed by atoms with Crippen molar-refractivity contribution in [2.75, 3.05) is 44.7 Å². The fourth-order valence-corrected chi connectivity index (χ4v) is 5.52. The minimum atomic E-state index is 0.501. The van der Waals surface area contributed by atoms with Gasteiger partial charge in [-0.3, -0.25) is 4.90 Å². The number of likely N-dealkylation sites (N-methyl/N-ethyl adjacent to an activating group) is 1. The largest absolute Gasteiger partial charge is 0.350 e. The number of aryl methyl sites for hydroxylation is 2. The number of fused-ring (bicyclic) bond motifs is 1. The van der Waals surface area contributed by atoms with Crippen LogP contribution in [-0.2, 0) is 6.54 Å². The van der Waals surface area contributed by atoms with Crippen LogP contribution >= 0.6 is 11.3 Å². The average Bonchev–Trinajstić information content (AvgIpc) is 3.23. The van der Waals surface area contributed by atoms with Crippen LogP contribution < -0.4 is 4.90 Å². The van der Waals surface area contributed by atoms with Crippen molar-refractivity contribution in [2.45, 2.75) is 53.1 Å². The molecule has 1 atom stereocenters. The zero-order chi connectivity index (χ0) is 19.1. The Morgan fingerprint density at radius 1 is 1.07 bits per heavy atom. The van der Waals surface area contributed by atoms with Crippen LogP contribution in [0.15, 0.2) is 0 Å². The molecule has 0 bridgehead atoms. The number of anilines is 1. The Bertz CT molecular complexity index is 808. The molecule has 0 saturated carbocycles. The summed E-state index contributed by atoms with van der Waals surface area (Å²) in [5.74, 6) is 2.78. The second-order valence-electron chi connectivity index (χ2n) is 8.68. The first-order valence-electron chi connectivity index (χ1n) is 10.4. The van der Waals surface area contributed by atoms with Gasteiger partial charge in [0.2, 0.25) is 0 Å². The first-order valence-corrected chi connectivity index (χ1v) is 11.2. The third-order valence-corrected chi connectivity index (χ3v) is 7.38. The molecule has 0 aromatic carbocycles. The van der Waals surface area contributed by atoms with E-state index in [0.29, 0.717) is 12.0 Å². The lowest BCUT2D eigenvalue weighted by Crippen LogP contribution is -2.54. The van der Waals surface area contributed by atoms with E-state index in [9.17, 15) is 0 Å². The summed E-state index contributed by atoms with van der Waals surface area (Å²) in [6.07, 6.45) is 2.61. The van der Waals surface area contributed by atoms with Crippen LogP contribution in [-0.4, -0.2) is 65.6 Å². The summed E-state index contributed by atoms with van der Waals surface area (Å²) in [6.45, 7) is 15.6. The average molecular weight is 388 g/mol. The van der Waals surface area contributed by atoms with Crippen molar-refractivity contribution in [3.8, 4) is 0 Å². The summed E-state index contributed by atoms with van der Waals surface area (Å²) in [7, 11) is 2.24. The van der Waals surface area contributed by atoms with Gasteiger partial charge in [-0.1, -0.05) is 13.8 Å². The molecule has 6 heteroatoms. The van der Waals surface area contributed by atoms with Crippen LogP contribution in [0.3, 0.4) is 0 Å². The molecule has 148 valence electrons. The molecule has 2 saturated heterocycles. The third-order valence-electron chi connectivity index (χ3n) is 6.28. The molecule has 0 amide bonds. The summed E-state index contributed by atoms with van der Waals surface area (Å²) >= 11 is 1.83. The number of piperazine rings is 1. The molecule has 2 aromatic heterocycles. The Morgan fingerprint density at radius 2 is 1.81 bits per heavy atom. The lowest BCUT2D eigenvalue weighted by Gasteiger charge is -2.43. The van der Waals surface area contributed by atoms with E-state index in [4.69, 9.17) is 9.97 Å². The van der Waals surface area contributed by atoms with Crippen molar-refractivity contribution < 1.29 is 0 Å². The van der Waals surface area contributed by atoms with Gasteiger partial charge in [-0.05, 0) is 58.3 Å². The van der Waals surface area contributed by atoms with Gasteiger partial charge < -0.3 is 9.80 Å². The van der Waals surface area contributed by atoms with Gasteiger partial charge in [-0.15, -0.1) is 11.3 Å². The monoisotopic (exact) mass is 387 g/mol. The lowest BCUT2D eigenvalue weighted by atomic mass is 9.99. The van der Waals surface area contributed by atoms with Crippen molar-refractivity contribution in [2.24, 2.45) is 5.92 Å². The predicted molar refractivity (Wildman–Crippen MR) is 115 cm³/mol. The summed E-state index contributed by atoms with van der Waals surface area (Å²) in [5, 5.41) is 1.29. The van der Waals surface area contributed by atoms with Gasteiger partial charge in [0.15, 0.2) is 0 Å². The zero-order valence-corrected chi connectivity index (χ0v) is 18.3. The number of nitrogens with zero attached hydrogens (tertiary/aromatic N) is 5. The molecule has 1 unspecified atom stereocenters. The van der Waals surface area contributed by atoms with Crippen LogP contribution in [0.25, 0.3) is 10.2 Å². The van der Waals surface area contributed by atoms with Crippen LogP contribution in [0.1, 0.15) is 43.0 Å². The Kier molecular flexibility index (Phi) is 5.41. The molecule has 2 aliphatic heterocycles. The highest BCUT2D eigenvalue weighted by atomic mass is 32.1. The minimum Gasteiger partial charge on any atom is -0.350 e. The van der Waals surface area contributed by atoms with E-state index in [1.165, 1.54) is 52.4 Å². The highest BCUT2D eigenvalue weighted by Gasteiger charge is 2.31. The number of hydrogen-bond acceptors (Lipinski definition) is 6. The molecule has 2 aromatic rings. The fourth-order valence-electron chi connectivity index (χ4n) is 4.48. The number of thiophene rings is 1. The number of aromatic nitrogens is 2. The van der Waals surface area contributed by atoms with Gasteiger partial charge in [0.05, 0.1) is 11.9 Å². The van der Waals surface area contributed by atoms with Gasteiger partial charge in [-0.2, -0.15) is 0 Å². The van der Waals surface area contributed by atoms with Crippen molar-refractivity contribution in [1.29, 1.82) is 0 Å². The van der Waals surface area contributed by atoms with Crippen LogP contribution in [0.4, 0.5) is 5.82 Å². The molecule has 27 heavy (non-hydrogen) atoms. The maximum atomic E-state index is 5.18. The van der Waals surface area contributed by atoms with E-state index in [1.807, 2.05) is 11.3 Å². The van der Waals surface area contributed by atoms with Crippen molar-refractivity contribution in [3.63, 3.8) is 0 Å². The van der Waals surface area contributed by atoms with E-state index >= 15 is 0 Å². The van der Waals surface area contributed by atoms with Gasteiger partial charge in [0.1, 0.15) is 16.5 Å². The molecule has 4 heterocycles. The Balaban J connectivity index is 1.78. The third kappa shape index (κ3) is 3.71. The molecule has 0 spiro atoms. The standard InChI is InChI=1S/C21H33N5S/c1-14(2)17-12-24(5)10-11-26(17)20-19-15(3)16(4)27-21(19)23-18(22-20)13-25-8-6-7-9-25/h14,17H,6-13H2,1-5H3. The summed E-state index contributed by atoms with van der Waals surface area (Å²) in [4.78, 5) is 20.3. The maximum absolute atomic E-state index is 5.18. The highest BCUT2D eigenvalue weighted by molar-refractivity contribution is 7.18. The first-order chi connectivity index (χ1) is 12.9. The SMILES string of the molecule is Cc1sc2nc(CN3CCCC3)nc(N3CCN(C)CC3C(C)C)c2c1C.